The van der Waals surface area contributed by atoms with E-state index in [-0.39, 0.29) is 6.61 Å². The van der Waals surface area contributed by atoms with Gasteiger partial charge in [-0.2, -0.15) is 0 Å². The van der Waals surface area contributed by atoms with E-state index in [9.17, 15) is 5.11 Å². The highest BCUT2D eigenvalue weighted by Crippen LogP contribution is 2.23. The molecule has 1 N–H and O–H groups in total. The van der Waals surface area contributed by atoms with Crippen LogP contribution in [-0.4, -0.2) is 63.7 Å². The fraction of sp³-hybridized carbons (Fsp3) is 0.429. The molecule has 0 spiro atoms. The Morgan fingerprint density at radius 3 is 2.19 bits per heavy atom. The molecule has 0 fully saturated rings. The summed E-state index contributed by atoms with van der Waals surface area (Å²) in [4.78, 5) is 2.12. The molecule has 0 unspecified atom stereocenters. The predicted molar refractivity (Wildman–Crippen MR) is 105 cm³/mol. The first-order valence-electron chi connectivity index (χ1n) is 8.93. The quantitative estimate of drug-likeness (QED) is 0.615. The maximum atomic E-state index is 10.4. The smallest absolute Gasteiger partial charge is 0.122 e. The van der Waals surface area contributed by atoms with E-state index in [1.165, 1.54) is 0 Å². The molecule has 27 heavy (non-hydrogen) atoms. The Morgan fingerprint density at radius 1 is 0.926 bits per heavy atom. The molecule has 0 aliphatic heterocycles. The van der Waals surface area contributed by atoms with Crippen LogP contribution in [0.25, 0.3) is 0 Å². The summed E-state index contributed by atoms with van der Waals surface area (Å²) in [5.41, 5.74) is 1.04. The molecule has 0 aliphatic rings. The number of para-hydroxylation sites is 1. The zero-order chi connectivity index (χ0) is 19.5. The number of hydrogen-bond acceptors (Lipinski definition) is 6. The first-order valence-corrected chi connectivity index (χ1v) is 8.93. The third-order valence-electron chi connectivity index (χ3n) is 4.08. The van der Waals surface area contributed by atoms with E-state index >= 15 is 0 Å². The fourth-order valence-electron chi connectivity index (χ4n) is 2.73. The minimum absolute atomic E-state index is 0.231. The van der Waals surface area contributed by atoms with Crippen LogP contribution in [0.3, 0.4) is 0 Å². The minimum atomic E-state index is -0.616. The highest BCUT2D eigenvalue weighted by atomic mass is 16.5. The molecule has 0 radical (unpaired) electrons. The Morgan fingerprint density at radius 2 is 1.59 bits per heavy atom. The molecular weight excluding hydrogens is 346 g/mol. The molecule has 2 rings (SSSR count). The van der Waals surface area contributed by atoms with Gasteiger partial charge >= 0.3 is 0 Å². The molecule has 148 valence electrons. The number of rotatable bonds is 12. The van der Waals surface area contributed by atoms with Gasteiger partial charge in [-0.25, -0.2) is 0 Å². The standard InChI is InChI=1S/C21H29NO5/c1-24-10-9-22(14-17-11-20(25-2)13-21(12-17)26-3)15-18(23)16-27-19-7-5-4-6-8-19/h4-8,11-13,18,23H,9-10,14-16H2,1-3H3/t18-/m1/s1. The summed E-state index contributed by atoms with van der Waals surface area (Å²) in [6, 6.07) is 15.3. The monoisotopic (exact) mass is 375 g/mol. The Hall–Kier alpha value is -2.28. The van der Waals surface area contributed by atoms with Gasteiger partial charge in [-0.05, 0) is 29.8 Å². The van der Waals surface area contributed by atoms with Gasteiger partial charge in [-0.1, -0.05) is 18.2 Å². The molecule has 6 nitrogen and oxygen atoms in total. The maximum absolute atomic E-state index is 10.4. The summed E-state index contributed by atoms with van der Waals surface area (Å²) in [6.45, 7) is 2.61. The molecule has 0 bridgehead atoms. The second-order valence-corrected chi connectivity index (χ2v) is 6.23. The maximum Gasteiger partial charge on any atom is 0.122 e. The topological polar surface area (TPSA) is 60.4 Å². The lowest BCUT2D eigenvalue weighted by molar-refractivity contribution is 0.0542. The molecule has 0 heterocycles. The summed E-state index contributed by atoms with van der Waals surface area (Å²) >= 11 is 0. The molecule has 2 aromatic carbocycles. The second-order valence-electron chi connectivity index (χ2n) is 6.23. The van der Waals surface area contributed by atoms with Crippen LogP contribution >= 0.6 is 0 Å². The van der Waals surface area contributed by atoms with Crippen LogP contribution in [0.15, 0.2) is 48.5 Å². The lowest BCUT2D eigenvalue weighted by Gasteiger charge is -2.25. The van der Waals surface area contributed by atoms with Gasteiger partial charge in [-0.3, -0.25) is 4.90 Å². The lowest BCUT2D eigenvalue weighted by Crippen LogP contribution is -2.37. The van der Waals surface area contributed by atoms with Gasteiger partial charge < -0.3 is 24.1 Å². The van der Waals surface area contributed by atoms with Crippen molar-refractivity contribution in [2.75, 3.05) is 47.6 Å². The van der Waals surface area contributed by atoms with Crippen LogP contribution in [0, 0.1) is 0 Å². The van der Waals surface area contributed by atoms with Gasteiger partial charge in [0.1, 0.15) is 30.0 Å². The van der Waals surface area contributed by atoms with E-state index in [0.717, 1.165) is 22.8 Å². The first kappa shape index (κ1) is 21.0. The number of aliphatic hydroxyl groups excluding tert-OH is 1. The van der Waals surface area contributed by atoms with Crippen molar-refractivity contribution in [1.82, 2.24) is 4.90 Å². The first-order chi connectivity index (χ1) is 13.1. The molecular formula is C21H29NO5. The van der Waals surface area contributed by atoms with Gasteiger partial charge in [-0.15, -0.1) is 0 Å². The lowest BCUT2D eigenvalue weighted by atomic mass is 10.1. The number of methoxy groups -OCH3 is 3. The van der Waals surface area contributed by atoms with Crippen molar-refractivity contribution in [3.63, 3.8) is 0 Å². The number of aliphatic hydroxyl groups is 1. The van der Waals surface area contributed by atoms with Gasteiger partial charge in [0.25, 0.3) is 0 Å². The van der Waals surface area contributed by atoms with Crippen LogP contribution in [0.4, 0.5) is 0 Å². The average Bonchev–Trinajstić information content (AvgIpc) is 2.70. The molecule has 1 atom stereocenters. The largest absolute Gasteiger partial charge is 0.497 e. The normalized spacial score (nSPS) is 12.0. The van der Waals surface area contributed by atoms with E-state index < -0.39 is 6.10 Å². The summed E-state index contributed by atoms with van der Waals surface area (Å²) in [5, 5.41) is 10.4. The zero-order valence-electron chi connectivity index (χ0n) is 16.3. The highest BCUT2D eigenvalue weighted by Gasteiger charge is 2.14. The number of benzene rings is 2. The Bertz CT molecular complexity index is 643. The zero-order valence-corrected chi connectivity index (χ0v) is 16.3. The van der Waals surface area contributed by atoms with Gasteiger partial charge in [0.2, 0.25) is 0 Å². The Labute approximate surface area is 161 Å². The van der Waals surface area contributed by atoms with Gasteiger partial charge in [0, 0.05) is 32.8 Å². The molecule has 2 aromatic rings. The van der Waals surface area contributed by atoms with E-state index in [1.54, 1.807) is 21.3 Å². The number of ether oxygens (including phenoxy) is 4. The van der Waals surface area contributed by atoms with Crippen molar-refractivity contribution in [3.05, 3.63) is 54.1 Å². The van der Waals surface area contributed by atoms with Crippen LogP contribution in [0.2, 0.25) is 0 Å². The second kappa shape index (κ2) is 11.4. The van der Waals surface area contributed by atoms with Crippen LogP contribution in [0.1, 0.15) is 5.56 Å². The van der Waals surface area contributed by atoms with E-state index in [1.807, 2.05) is 48.5 Å². The number of hydrogen-bond donors (Lipinski definition) is 1. The molecule has 0 aliphatic carbocycles. The highest BCUT2D eigenvalue weighted by molar-refractivity contribution is 5.38. The minimum Gasteiger partial charge on any atom is -0.497 e. The van der Waals surface area contributed by atoms with Gasteiger partial charge in [0.15, 0.2) is 0 Å². The molecule has 6 heteroatoms. The molecule has 0 amide bonds. The summed E-state index contributed by atoms with van der Waals surface area (Å²) < 4.78 is 21.5. The fourth-order valence-corrected chi connectivity index (χ4v) is 2.73. The van der Waals surface area contributed by atoms with Crippen molar-refractivity contribution in [2.45, 2.75) is 12.6 Å². The molecule has 0 aromatic heterocycles. The van der Waals surface area contributed by atoms with Crippen molar-refractivity contribution in [2.24, 2.45) is 0 Å². The van der Waals surface area contributed by atoms with E-state index in [2.05, 4.69) is 4.90 Å². The molecule has 0 saturated heterocycles. The summed E-state index contributed by atoms with van der Waals surface area (Å²) in [6.07, 6.45) is -0.616. The SMILES string of the molecule is COCCN(Cc1cc(OC)cc(OC)c1)C[C@@H](O)COc1ccccc1. The van der Waals surface area contributed by atoms with Crippen molar-refractivity contribution in [3.8, 4) is 17.2 Å². The average molecular weight is 375 g/mol. The van der Waals surface area contributed by atoms with E-state index in [4.69, 9.17) is 18.9 Å². The third-order valence-corrected chi connectivity index (χ3v) is 4.08. The van der Waals surface area contributed by atoms with Crippen LogP contribution < -0.4 is 14.2 Å². The summed E-state index contributed by atoms with van der Waals surface area (Å²) in [7, 11) is 4.93. The van der Waals surface area contributed by atoms with Crippen molar-refractivity contribution in [1.29, 1.82) is 0 Å². The predicted octanol–water partition coefficient (Wildman–Crippen LogP) is 2.59. The van der Waals surface area contributed by atoms with Crippen molar-refractivity contribution >= 4 is 0 Å². The molecule has 0 saturated carbocycles. The van der Waals surface area contributed by atoms with Gasteiger partial charge in [0.05, 0.1) is 20.8 Å². The summed E-state index contributed by atoms with van der Waals surface area (Å²) in [5.74, 6) is 2.23. The Balaban J connectivity index is 1.97. The van der Waals surface area contributed by atoms with Crippen LogP contribution in [-0.2, 0) is 11.3 Å². The van der Waals surface area contributed by atoms with Crippen molar-refractivity contribution < 1.29 is 24.1 Å². The Kier molecular flexibility index (Phi) is 8.91. The number of nitrogens with zero attached hydrogens (tertiary/aromatic N) is 1. The van der Waals surface area contributed by atoms with Crippen LogP contribution in [0.5, 0.6) is 17.2 Å². The van der Waals surface area contributed by atoms with E-state index in [0.29, 0.717) is 26.2 Å². The third kappa shape index (κ3) is 7.46.